The number of fused-ring (bicyclic) bond motifs is 6. The second-order valence-corrected chi connectivity index (χ2v) is 22.2. The van der Waals surface area contributed by atoms with Gasteiger partial charge >= 0.3 is 0 Å². The van der Waals surface area contributed by atoms with Crippen LogP contribution >= 0.6 is 0 Å². The standard InChI is InChI=1S/C81H32N16/c1-45-23-46(38-82)9-16-61(45)49-10-17-72(96-73-18-11-50(78-55(42-86)28-59(90-3)29-56(78)43-87)32-63(73)64-34-52(13-20-74(64)96)80-57(44-88)30-60(91-4)37-71(80)95-8)62(31-49)67-36-58(89-2)15-22-77(67)97-75-19-12-51(79-54(41-85)24-47(39-83)25-68(79)92-5)33-65(75)66-35-53(14-21-76(66)97)81-69(93-6)26-48(40-84)27-70(81)94-7/h9-37H,1H3. The Kier molecular flexibility index (Phi) is 14.8. The van der Waals surface area contributed by atoms with Gasteiger partial charge in [-0.3, -0.25) is 0 Å². The zero-order chi connectivity index (χ0) is 67.9. The topological polar surface area (TPSA) is 207 Å². The number of aryl methyl sites for hydroxylation is 1. The van der Waals surface area contributed by atoms with Gasteiger partial charge in [0.1, 0.15) is 0 Å². The van der Waals surface area contributed by atoms with Crippen molar-refractivity contribution in [2.24, 2.45) is 0 Å². The zero-order valence-corrected chi connectivity index (χ0v) is 50.4. The van der Waals surface area contributed by atoms with Crippen LogP contribution in [-0.4, -0.2) is 9.13 Å². The first-order valence-corrected chi connectivity index (χ1v) is 29.1. The zero-order valence-electron chi connectivity index (χ0n) is 50.4. The Hall–Kier alpha value is -16.1. The average Bonchev–Trinajstić information content (AvgIpc) is 1.58. The van der Waals surface area contributed by atoms with Gasteiger partial charge in [0.25, 0.3) is 0 Å². The molecule has 13 rings (SSSR count). The maximum absolute atomic E-state index is 10.6. The lowest BCUT2D eigenvalue weighted by Gasteiger charge is -2.21. The molecule has 0 saturated heterocycles. The van der Waals surface area contributed by atoms with Crippen molar-refractivity contribution in [2.45, 2.75) is 6.92 Å². The molecule has 0 bridgehead atoms. The van der Waals surface area contributed by atoms with Gasteiger partial charge in [-0.15, -0.1) is 0 Å². The monoisotopic (exact) mass is 1230 g/mol. The molecule has 0 fully saturated rings. The van der Waals surface area contributed by atoms with E-state index in [9.17, 15) is 36.8 Å². The minimum Gasteiger partial charge on any atom is -0.309 e. The van der Waals surface area contributed by atoms with Crippen LogP contribution in [0.2, 0.25) is 0 Å². The molecule has 0 amide bonds. The van der Waals surface area contributed by atoms with E-state index in [2.05, 4.69) is 76.4 Å². The number of nitrogens with zero attached hydrogens (tertiary/aromatic N) is 16. The highest BCUT2D eigenvalue weighted by Crippen LogP contribution is 2.49. The van der Waals surface area contributed by atoms with E-state index in [-0.39, 0.29) is 73.2 Å². The molecular formula is C81H32N16. The van der Waals surface area contributed by atoms with E-state index in [4.69, 9.17) is 46.0 Å². The molecule has 13 aromatic rings. The van der Waals surface area contributed by atoms with Crippen LogP contribution in [-0.2, 0) is 0 Å². The van der Waals surface area contributed by atoms with Crippen molar-refractivity contribution in [3.05, 3.63) is 300 Å². The molecule has 0 atom stereocenters. The molecule has 16 nitrogen and oxygen atoms in total. The fourth-order valence-corrected chi connectivity index (χ4v) is 13.0. The van der Waals surface area contributed by atoms with Crippen LogP contribution in [0.5, 0.6) is 0 Å². The van der Waals surface area contributed by atoms with E-state index in [1.807, 2.05) is 94.9 Å². The summed E-state index contributed by atoms with van der Waals surface area (Å²) in [5.41, 5.74) is 12.0. The highest BCUT2D eigenvalue weighted by atomic mass is 15.0. The first kappa shape index (κ1) is 59.8. The molecule has 11 aromatic carbocycles. The summed E-state index contributed by atoms with van der Waals surface area (Å²) < 4.78 is 4.07. The van der Waals surface area contributed by atoms with Gasteiger partial charge < -0.3 is 9.13 Å². The number of rotatable bonds is 8. The van der Waals surface area contributed by atoms with Crippen molar-refractivity contribution >= 4 is 83.4 Å². The smallest absolute Gasteiger partial charge is 0.197 e. The Labute approximate surface area is 554 Å². The molecule has 0 spiro atoms. The van der Waals surface area contributed by atoms with Crippen LogP contribution in [0.15, 0.2) is 176 Å². The molecule has 0 N–H and O–H groups in total. The predicted octanol–water partition coefficient (Wildman–Crippen LogP) is 21.1. The molecule has 2 aromatic heterocycles. The highest BCUT2D eigenvalue weighted by molar-refractivity contribution is 6.15. The summed E-state index contributed by atoms with van der Waals surface area (Å²) in [5.74, 6) is 0. The van der Waals surface area contributed by atoms with Gasteiger partial charge in [-0.1, -0.05) is 48.5 Å². The van der Waals surface area contributed by atoms with Gasteiger partial charge in [0, 0.05) is 60.5 Å². The Bertz CT molecular complexity index is 6020. The first-order chi connectivity index (χ1) is 47.3. The molecule has 97 heavy (non-hydrogen) atoms. The van der Waals surface area contributed by atoms with Crippen LogP contribution in [0.4, 0.5) is 39.8 Å². The average molecular weight is 1230 g/mol. The highest BCUT2D eigenvalue weighted by Gasteiger charge is 2.27. The van der Waals surface area contributed by atoms with Gasteiger partial charge in [0.2, 0.25) is 0 Å². The Morgan fingerprint density at radius 3 is 1.08 bits per heavy atom. The van der Waals surface area contributed by atoms with Crippen molar-refractivity contribution in [3.8, 4) is 121 Å². The summed E-state index contributed by atoms with van der Waals surface area (Å²) >= 11 is 0. The maximum atomic E-state index is 10.6. The van der Waals surface area contributed by atoms with Gasteiger partial charge in [-0.25, -0.2) is 33.9 Å². The van der Waals surface area contributed by atoms with Crippen LogP contribution in [0.25, 0.3) is 156 Å². The van der Waals surface area contributed by atoms with E-state index in [1.54, 1.807) is 48.5 Å². The summed E-state index contributed by atoms with van der Waals surface area (Å²) in [7, 11) is 0. The molecule has 0 aliphatic heterocycles. The third kappa shape index (κ3) is 9.75. The van der Waals surface area contributed by atoms with E-state index in [0.717, 1.165) is 16.7 Å². The lowest BCUT2D eigenvalue weighted by Crippen LogP contribution is -2.02. The fraction of sp³-hybridized carbons (Fsp3) is 0.0123. The van der Waals surface area contributed by atoms with Crippen molar-refractivity contribution in [2.75, 3.05) is 0 Å². The number of aromatic nitrogens is 2. The molecular weight excluding hydrogens is 1200 g/mol. The minimum absolute atomic E-state index is 0.0733. The summed E-state index contributed by atoms with van der Waals surface area (Å²) in [6, 6.07) is 65.3. The lowest BCUT2D eigenvalue weighted by molar-refractivity contribution is 1.16. The van der Waals surface area contributed by atoms with Gasteiger partial charge in [0.05, 0.1) is 144 Å². The van der Waals surface area contributed by atoms with Crippen LogP contribution in [0, 0.1) is 132 Å². The Balaban J connectivity index is 1.16. The molecule has 2 heterocycles. The molecule has 0 aliphatic carbocycles. The number of nitriles is 7. The third-order valence-corrected chi connectivity index (χ3v) is 17.1. The second kappa shape index (κ2) is 24.0. The minimum atomic E-state index is 0.0733. The number of benzene rings is 11. The largest absolute Gasteiger partial charge is 0.309 e. The predicted molar refractivity (Wildman–Crippen MR) is 369 cm³/mol. The second-order valence-electron chi connectivity index (χ2n) is 22.2. The summed E-state index contributed by atoms with van der Waals surface area (Å²) in [6.45, 7) is 58.9. The van der Waals surface area contributed by atoms with Gasteiger partial charge in [-0.05, 0) is 184 Å². The van der Waals surface area contributed by atoms with E-state index in [1.165, 1.54) is 48.5 Å². The number of hydrogen-bond acceptors (Lipinski definition) is 7. The van der Waals surface area contributed by atoms with Gasteiger partial charge in [0.15, 0.2) is 39.8 Å². The third-order valence-electron chi connectivity index (χ3n) is 17.1. The van der Waals surface area contributed by atoms with E-state index >= 15 is 0 Å². The molecule has 0 radical (unpaired) electrons. The SMILES string of the molecule is [C-]#[N+]c1cc(C#N)c(-c2ccc3c(c2)c2cc(-c4c(C#N)cc([N+]#[C-])cc4[N+]#[C-])ccc2n3-c2ccc(-c3ccc(C#N)cc3C)cc2-c2cc([N+]#[C-])ccc2-n2c3ccc(-c4c(C#N)cc(C#N)cc4[N+]#[C-])cc3c3cc(-c4c([N+]#[C-])cc(C#N)cc4[N+]#[C-])ccc32)c(C#N)c1. The normalized spacial score (nSPS) is 10.4. The molecule has 0 saturated carbocycles. The van der Waals surface area contributed by atoms with Crippen molar-refractivity contribution in [3.63, 3.8) is 0 Å². The maximum Gasteiger partial charge on any atom is 0.197 e. The van der Waals surface area contributed by atoms with Gasteiger partial charge in [-0.2, -0.15) is 36.8 Å². The van der Waals surface area contributed by atoms with Crippen molar-refractivity contribution < 1.29 is 0 Å². The first-order valence-electron chi connectivity index (χ1n) is 29.1. The fourth-order valence-electron chi connectivity index (χ4n) is 13.0. The Morgan fingerprint density at radius 2 is 0.649 bits per heavy atom. The van der Waals surface area contributed by atoms with Crippen LogP contribution in [0.3, 0.4) is 0 Å². The van der Waals surface area contributed by atoms with E-state index in [0.29, 0.717) is 116 Å². The van der Waals surface area contributed by atoms with E-state index < -0.39 is 0 Å². The van der Waals surface area contributed by atoms with Crippen molar-refractivity contribution in [1.29, 1.82) is 36.8 Å². The molecule has 436 valence electrons. The molecule has 0 unspecified atom stereocenters. The quantitative estimate of drug-likeness (QED) is 0.134. The van der Waals surface area contributed by atoms with Crippen LogP contribution in [0.1, 0.15) is 44.5 Å². The summed E-state index contributed by atoms with van der Waals surface area (Å²) in [4.78, 5) is 26.2. The summed E-state index contributed by atoms with van der Waals surface area (Å²) in [6.07, 6.45) is 0. The molecule has 0 aliphatic rings. The number of hydrogen-bond donors (Lipinski definition) is 0. The summed E-state index contributed by atoms with van der Waals surface area (Å²) in [5, 5.41) is 74.7. The van der Waals surface area contributed by atoms with Crippen LogP contribution < -0.4 is 0 Å². The van der Waals surface area contributed by atoms with Crippen molar-refractivity contribution in [1.82, 2.24) is 9.13 Å². The Morgan fingerprint density at radius 1 is 0.278 bits per heavy atom. The lowest BCUT2D eigenvalue weighted by atomic mass is 9.92. The molecule has 16 heteroatoms.